The van der Waals surface area contributed by atoms with Crippen LogP contribution in [0.5, 0.6) is 0 Å². The second-order valence-corrected chi connectivity index (χ2v) is 3.22. The minimum absolute atomic E-state index is 0. The molecule has 1 radical (unpaired) electrons. The first-order chi connectivity index (χ1) is 5.41. The molecule has 1 nitrogen and oxygen atoms in total. The molecule has 0 bridgehead atoms. The van der Waals surface area contributed by atoms with Crippen LogP contribution in [0.25, 0.3) is 5.73 Å². The topological polar surface area (TPSA) is 23.8 Å². The fraction of sp³-hybridized carbons (Fsp3) is 1.00. The molecule has 1 N–H and O–H groups in total. The summed E-state index contributed by atoms with van der Waals surface area (Å²) in [5.41, 5.74) is 6.95. The average Bonchev–Trinajstić information content (AvgIpc) is 2.03. The second kappa shape index (κ2) is 23.9. The molecule has 0 fully saturated rings. The molecular formula is C10H22Cl2NZr. The van der Waals surface area contributed by atoms with Crippen LogP contribution in [0.1, 0.15) is 58.3 Å². The summed E-state index contributed by atoms with van der Waals surface area (Å²) in [6.45, 7) is 2.87. The molecule has 0 aromatic carbocycles. The van der Waals surface area contributed by atoms with Crippen LogP contribution >= 0.6 is 0 Å². The van der Waals surface area contributed by atoms with Crippen molar-refractivity contribution in [3.05, 3.63) is 5.73 Å². The quantitative estimate of drug-likeness (QED) is 0.471. The van der Waals surface area contributed by atoms with Crippen LogP contribution in [-0.2, 0) is 26.2 Å². The van der Waals surface area contributed by atoms with Crippen molar-refractivity contribution >= 4 is 0 Å². The standard InChI is InChI=1S/C10H22N.2ClH.Zr/c1-2-3-4-5-6-7-8-9-10-11;;;/h11H,2-10H2,1H3;2*1H;/q-1;;;+3/p-2. The van der Waals surface area contributed by atoms with Crippen molar-refractivity contribution in [3.63, 3.8) is 0 Å². The van der Waals surface area contributed by atoms with Gasteiger partial charge in [-0.3, -0.25) is 0 Å². The van der Waals surface area contributed by atoms with Crippen molar-refractivity contribution in [2.75, 3.05) is 6.54 Å². The molecular weight excluding hydrogens is 296 g/mol. The van der Waals surface area contributed by atoms with Crippen LogP contribution in [0.4, 0.5) is 0 Å². The summed E-state index contributed by atoms with van der Waals surface area (Å²) in [6, 6.07) is 0. The summed E-state index contributed by atoms with van der Waals surface area (Å²) in [7, 11) is 0. The van der Waals surface area contributed by atoms with Gasteiger partial charge in [0.1, 0.15) is 0 Å². The molecule has 0 amide bonds. The SMILES string of the molecule is CCCCCCCCCC[NH-].[Cl-].[Cl-].[Zr+3]. The Hall–Kier alpha value is 1.42. The molecule has 0 aliphatic carbocycles. The normalized spacial score (nSPS) is 8.14. The van der Waals surface area contributed by atoms with Gasteiger partial charge in [-0.1, -0.05) is 58.3 Å². The van der Waals surface area contributed by atoms with Crippen molar-refractivity contribution in [1.82, 2.24) is 0 Å². The molecule has 14 heavy (non-hydrogen) atoms. The smallest absolute Gasteiger partial charge is 1.00 e. The van der Waals surface area contributed by atoms with Crippen LogP contribution in [0, 0.1) is 0 Å². The molecule has 0 saturated carbocycles. The van der Waals surface area contributed by atoms with Gasteiger partial charge in [0, 0.05) is 0 Å². The fourth-order valence-electron chi connectivity index (χ4n) is 1.26. The Morgan fingerprint density at radius 3 is 1.43 bits per heavy atom. The van der Waals surface area contributed by atoms with E-state index in [4.69, 9.17) is 5.73 Å². The number of rotatable bonds is 8. The van der Waals surface area contributed by atoms with Crippen molar-refractivity contribution in [3.8, 4) is 0 Å². The molecule has 0 rings (SSSR count). The Balaban J connectivity index is -0.000000167. The largest absolute Gasteiger partial charge is 3.00 e. The van der Waals surface area contributed by atoms with Crippen molar-refractivity contribution in [2.45, 2.75) is 58.3 Å². The van der Waals surface area contributed by atoms with Gasteiger partial charge in [0.15, 0.2) is 0 Å². The molecule has 4 heteroatoms. The first-order valence-electron chi connectivity index (χ1n) is 5.06. The summed E-state index contributed by atoms with van der Waals surface area (Å²) in [5, 5.41) is 0. The van der Waals surface area contributed by atoms with Gasteiger partial charge < -0.3 is 30.5 Å². The second-order valence-electron chi connectivity index (χ2n) is 3.22. The van der Waals surface area contributed by atoms with E-state index in [2.05, 4.69) is 6.92 Å². The summed E-state index contributed by atoms with van der Waals surface area (Å²) < 4.78 is 0. The molecule has 0 atom stereocenters. The summed E-state index contributed by atoms with van der Waals surface area (Å²) in [4.78, 5) is 0. The summed E-state index contributed by atoms with van der Waals surface area (Å²) >= 11 is 0. The minimum atomic E-state index is 0. The van der Waals surface area contributed by atoms with Crippen molar-refractivity contribution in [2.24, 2.45) is 0 Å². The van der Waals surface area contributed by atoms with Gasteiger partial charge in [0.2, 0.25) is 0 Å². The molecule has 0 aromatic heterocycles. The predicted molar refractivity (Wildman–Crippen MR) is 51.8 cm³/mol. The number of halogens is 2. The monoisotopic (exact) mass is 316 g/mol. The first kappa shape index (κ1) is 24.6. The first-order valence-corrected chi connectivity index (χ1v) is 5.06. The van der Waals surface area contributed by atoms with Gasteiger partial charge >= 0.3 is 26.2 Å². The Kier molecular flexibility index (Phi) is 42.0. The van der Waals surface area contributed by atoms with Crippen LogP contribution in [0.3, 0.4) is 0 Å². The number of nitrogens with one attached hydrogen (secondary N) is 1. The van der Waals surface area contributed by atoms with E-state index in [1.165, 1.54) is 44.9 Å². The Morgan fingerprint density at radius 1 is 0.714 bits per heavy atom. The third-order valence-electron chi connectivity index (χ3n) is 2.03. The van der Waals surface area contributed by atoms with Gasteiger partial charge in [-0.15, -0.1) is 0 Å². The van der Waals surface area contributed by atoms with E-state index < -0.39 is 0 Å². The van der Waals surface area contributed by atoms with E-state index >= 15 is 0 Å². The number of hydrogen-bond donors (Lipinski definition) is 0. The maximum absolute atomic E-state index is 6.95. The Bertz CT molecular complexity index is 67.1. The van der Waals surface area contributed by atoms with Crippen LogP contribution in [0.15, 0.2) is 0 Å². The van der Waals surface area contributed by atoms with E-state index in [0.717, 1.165) is 6.42 Å². The van der Waals surface area contributed by atoms with E-state index in [9.17, 15) is 0 Å². The predicted octanol–water partition coefficient (Wildman–Crippen LogP) is -1.82. The van der Waals surface area contributed by atoms with E-state index in [0.29, 0.717) is 6.54 Å². The van der Waals surface area contributed by atoms with Gasteiger partial charge in [-0.05, 0) is 0 Å². The van der Waals surface area contributed by atoms with Gasteiger partial charge in [0.05, 0.1) is 0 Å². The van der Waals surface area contributed by atoms with Gasteiger partial charge in [-0.25, -0.2) is 0 Å². The fourth-order valence-corrected chi connectivity index (χ4v) is 1.26. The van der Waals surface area contributed by atoms with E-state index in [-0.39, 0.29) is 51.0 Å². The average molecular weight is 318 g/mol. The summed E-state index contributed by atoms with van der Waals surface area (Å²) in [5.74, 6) is 0. The van der Waals surface area contributed by atoms with Crippen LogP contribution < -0.4 is 24.8 Å². The summed E-state index contributed by atoms with van der Waals surface area (Å²) in [6.07, 6.45) is 10.7. The van der Waals surface area contributed by atoms with E-state index in [1.54, 1.807) is 0 Å². The zero-order valence-corrected chi connectivity index (χ0v) is 13.1. The van der Waals surface area contributed by atoms with Crippen molar-refractivity contribution < 1.29 is 51.0 Å². The van der Waals surface area contributed by atoms with E-state index in [1.807, 2.05) is 0 Å². The molecule has 0 heterocycles. The van der Waals surface area contributed by atoms with Gasteiger partial charge in [0.25, 0.3) is 0 Å². The molecule has 0 aliphatic rings. The molecule has 0 aromatic rings. The Labute approximate surface area is 121 Å². The van der Waals surface area contributed by atoms with Crippen LogP contribution in [-0.4, -0.2) is 6.54 Å². The van der Waals surface area contributed by atoms with Crippen LogP contribution in [0.2, 0.25) is 0 Å². The maximum atomic E-state index is 6.95. The van der Waals surface area contributed by atoms with Gasteiger partial charge in [-0.2, -0.15) is 6.54 Å². The third kappa shape index (κ3) is 23.3. The molecule has 0 unspecified atom stereocenters. The minimum Gasteiger partial charge on any atom is -1.00 e. The zero-order chi connectivity index (χ0) is 8.36. The van der Waals surface area contributed by atoms with Crippen molar-refractivity contribution in [1.29, 1.82) is 0 Å². The Morgan fingerprint density at radius 2 is 1.07 bits per heavy atom. The number of hydrogen-bond acceptors (Lipinski definition) is 0. The molecule has 0 spiro atoms. The molecule has 0 aliphatic heterocycles. The third-order valence-corrected chi connectivity index (χ3v) is 2.03. The maximum Gasteiger partial charge on any atom is 3.00 e. The molecule has 0 saturated heterocycles. The zero-order valence-electron chi connectivity index (χ0n) is 9.12. The molecule has 85 valence electrons. The number of unbranched alkanes of at least 4 members (excludes halogenated alkanes) is 7.